The molecule has 0 atom stereocenters. The van der Waals surface area contributed by atoms with Gasteiger partial charge in [0.1, 0.15) is 17.2 Å². The molecule has 80 valence electrons. The fraction of sp³-hybridized carbons (Fsp3) is 0.100. The van der Waals surface area contributed by atoms with Crippen molar-refractivity contribution in [3.63, 3.8) is 0 Å². The number of hydrogen-bond acceptors (Lipinski definition) is 4. The lowest BCUT2D eigenvalue weighted by Gasteiger charge is -1.95. The van der Waals surface area contributed by atoms with E-state index < -0.39 is 0 Å². The number of aromatic amines is 1. The lowest BCUT2D eigenvalue weighted by molar-refractivity contribution is 1.16. The highest BCUT2D eigenvalue weighted by Crippen LogP contribution is 2.26. The highest BCUT2D eigenvalue weighted by atomic mass is 79.9. The summed E-state index contributed by atoms with van der Waals surface area (Å²) in [5, 5.41) is 1.93. The van der Waals surface area contributed by atoms with Crippen LogP contribution in [0.2, 0.25) is 0 Å². The number of H-pyrrole nitrogens is 1. The van der Waals surface area contributed by atoms with Gasteiger partial charge in [-0.3, -0.25) is 0 Å². The molecule has 3 heterocycles. The molecule has 0 spiro atoms. The first-order valence-corrected chi connectivity index (χ1v) is 6.25. The third kappa shape index (κ3) is 1.54. The SMILES string of the molecule is Cc1nsc(-c2ccc3c(Br)c[nH]c3n2)n1. The molecule has 0 saturated carbocycles. The van der Waals surface area contributed by atoms with Gasteiger partial charge >= 0.3 is 0 Å². The van der Waals surface area contributed by atoms with Crippen LogP contribution in [0.25, 0.3) is 21.7 Å². The molecule has 1 N–H and O–H groups in total. The number of pyridine rings is 1. The second-order valence-corrected chi connectivity index (χ2v) is 4.98. The summed E-state index contributed by atoms with van der Waals surface area (Å²) in [7, 11) is 0. The van der Waals surface area contributed by atoms with Crippen LogP contribution >= 0.6 is 27.5 Å². The number of fused-ring (bicyclic) bond motifs is 1. The Kier molecular flexibility index (Phi) is 2.26. The summed E-state index contributed by atoms with van der Waals surface area (Å²) in [4.78, 5) is 11.9. The molecule has 6 heteroatoms. The van der Waals surface area contributed by atoms with Crippen LogP contribution in [0.5, 0.6) is 0 Å². The predicted molar refractivity (Wildman–Crippen MR) is 67.4 cm³/mol. The van der Waals surface area contributed by atoms with Gasteiger partial charge in [-0.25, -0.2) is 9.97 Å². The number of halogens is 1. The quantitative estimate of drug-likeness (QED) is 0.750. The Morgan fingerprint density at radius 2 is 2.19 bits per heavy atom. The summed E-state index contributed by atoms with van der Waals surface area (Å²) in [5.41, 5.74) is 1.71. The van der Waals surface area contributed by atoms with Crippen molar-refractivity contribution >= 4 is 38.5 Å². The smallest absolute Gasteiger partial charge is 0.162 e. The van der Waals surface area contributed by atoms with Crippen molar-refractivity contribution in [2.45, 2.75) is 6.92 Å². The van der Waals surface area contributed by atoms with E-state index in [0.717, 1.165) is 32.0 Å². The molecule has 0 aliphatic carbocycles. The summed E-state index contributed by atoms with van der Waals surface area (Å²) < 4.78 is 5.17. The first-order chi connectivity index (χ1) is 7.74. The van der Waals surface area contributed by atoms with Gasteiger partial charge in [0, 0.05) is 16.1 Å². The largest absolute Gasteiger partial charge is 0.345 e. The molecule has 3 aromatic rings. The van der Waals surface area contributed by atoms with Crippen LogP contribution in [-0.4, -0.2) is 19.3 Å². The number of nitrogens with one attached hydrogen (secondary N) is 1. The molecule has 0 saturated heterocycles. The maximum Gasteiger partial charge on any atom is 0.162 e. The van der Waals surface area contributed by atoms with Gasteiger partial charge in [-0.15, -0.1) is 0 Å². The summed E-state index contributed by atoms with van der Waals surface area (Å²) in [6, 6.07) is 3.98. The normalized spacial score (nSPS) is 11.1. The van der Waals surface area contributed by atoms with Crippen LogP contribution in [0.15, 0.2) is 22.8 Å². The molecule has 0 aliphatic rings. The molecule has 0 aliphatic heterocycles. The summed E-state index contributed by atoms with van der Waals surface area (Å²) in [6.07, 6.45) is 1.88. The van der Waals surface area contributed by atoms with E-state index in [1.54, 1.807) is 0 Å². The molecule has 16 heavy (non-hydrogen) atoms. The molecule has 0 bridgehead atoms. The molecule has 3 aromatic heterocycles. The van der Waals surface area contributed by atoms with Gasteiger partial charge < -0.3 is 4.98 Å². The average Bonchev–Trinajstić information content (AvgIpc) is 2.86. The summed E-state index contributed by atoms with van der Waals surface area (Å²) in [6.45, 7) is 1.88. The van der Waals surface area contributed by atoms with Crippen molar-refractivity contribution in [3.05, 3.63) is 28.6 Å². The number of aryl methyl sites for hydroxylation is 1. The third-order valence-corrected chi connectivity index (χ3v) is 3.72. The zero-order valence-electron chi connectivity index (χ0n) is 8.36. The summed E-state index contributed by atoms with van der Waals surface area (Å²) in [5.74, 6) is 0.787. The Labute approximate surface area is 104 Å². The van der Waals surface area contributed by atoms with E-state index in [-0.39, 0.29) is 0 Å². The Bertz CT molecular complexity index is 658. The molecule has 3 rings (SSSR count). The van der Waals surface area contributed by atoms with Gasteiger partial charge in [0.05, 0.1) is 0 Å². The zero-order valence-corrected chi connectivity index (χ0v) is 10.8. The van der Waals surface area contributed by atoms with E-state index in [0.29, 0.717) is 0 Å². The van der Waals surface area contributed by atoms with Crippen LogP contribution in [-0.2, 0) is 0 Å². The van der Waals surface area contributed by atoms with Crippen molar-refractivity contribution in [1.29, 1.82) is 0 Å². The Morgan fingerprint density at radius 1 is 1.31 bits per heavy atom. The Balaban J connectivity index is 2.18. The lowest BCUT2D eigenvalue weighted by Crippen LogP contribution is -1.83. The van der Waals surface area contributed by atoms with E-state index in [9.17, 15) is 0 Å². The molecule has 0 fully saturated rings. The predicted octanol–water partition coefficient (Wildman–Crippen LogP) is 3.15. The number of hydrogen-bond donors (Lipinski definition) is 1. The van der Waals surface area contributed by atoms with Gasteiger partial charge in [0.2, 0.25) is 0 Å². The maximum absolute atomic E-state index is 4.50. The fourth-order valence-electron chi connectivity index (χ4n) is 1.49. The maximum atomic E-state index is 4.50. The Hall–Kier alpha value is -1.27. The minimum Gasteiger partial charge on any atom is -0.345 e. The first kappa shape index (κ1) is 9.92. The van der Waals surface area contributed by atoms with Crippen LogP contribution in [0.1, 0.15) is 5.82 Å². The molecule has 0 amide bonds. The molecule has 0 aromatic carbocycles. The highest BCUT2D eigenvalue weighted by Gasteiger charge is 2.08. The van der Waals surface area contributed by atoms with Crippen LogP contribution in [0.3, 0.4) is 0 Å². The van der Waals surface area contributed by atoms with Crippen molar-refractivity contribution in [2.24, 2.45) is 0 Å². The van der Waals surface area contributed by atoms with E-state index in [1.165, 1.54) is 11.5 Å². The van der Waals surface area contributed by atoms with Gasteiger partial charge in [0.25, 0.3) is 0 Å². The topological polar surface area (TPSA) is 54.5 Å². The van der Waals surface area contributed by atoms with Crippen LogP contribution < -0.4 is 0 Å². The van der Waals surface area contributed by atoms with E-state index in [4.69, 9.17) is 0 Å². The second kappa shape index (κ2) is 3.64. The van der Waals surface area contributed by atoms with Crippen molar-refractivity contribution in [3.8, 4) is 10.7 Å². The fourth-order valence-corrected chi connectivity index (χ4v) is 2.57. The minimum atomic E-state index is 0.787. The second-order valence-electron chi connectivity index (χ2n) is 3.38. The molecular weight excluding hydrogens is 288 g/mol. The monoisotopic (exact) mass is 294 g/mol. The van der Waals surface area contributed by atoms with E-state index in [1.807, 2.05) is 25.3 Å². The van der Waals surface area contributed by atoms with Gasteiger partial charge in [-0.05, 0) is 46.5 Å². The molecule has 0 radical (unpaired) electrons. The zero-order chi connectivity index (χ0) is 11.1. The number of rotatable bonds is 1. The Morgan fingerprint density at radius 3 is 2.94 bits per heavy atom. The number of aromatic nitrogens is 4. The van der Waals surface area contributed by atoms with E-state index >= 15 is 0 Å². The van der Waals surface area contributed by atoms with Crippen LogP contribution in [0, 0.1) is 6.92 Å². The lowest BCUT2D eigenvalue weighted by atomic mass is 10.3. The minimum absolute atomic E-state index is 0.787. The van der Waals surface area contributed by atoms with Crippen molar-refractivity contribution in [2.75, 3.05) is 0 Å². The molecular formula is C10H7BrN4S. The average molecular weight is 295 g/mol. The van der Waals surface area contributed by atoms with E-state index in [2.05, 4.69) is 35.3 Å². The van der Waals surface area contributed by atoms with Crippen molar-refractivity contribution < 1.29 is 0 Å². The van der Waals surface area contributed by atoms with Crippen LogP contribution in [0.4, 0.5) is 0 Å². The summed E-state index contributed by atoms with van der Waals surface area (Å²) >= 11 is 4.82. The first-order valence-electron chi connectivity index (χ1n) is 4.68. The molecule has 4 nitrogen and oxygen atoms in total. The standard InChI is InChI=1S/C10H7BrN4S/c1-5-13-10(16-15-5)8-3-2-6-7(11)4-12-9(6)14-8/h2-4H,1H3,(H,12,14). The third-order valence-electron chi connectivity index (χ3n) is 2.23. The highest BCUT2D eigenvalue weighted by molar-refractivity contribution is 9.10. The van der Waals surface area contributed by atoms with Gasteiger partial charge in [-0.2, -0.15) is 4.37 Å². The van der Waals surface area contributed by atoms with Gasteiger partial charge in [-0.1, -0.05) is 0 Å². The molecule has 0 unspecified atom stereocenters. The van der Waals surface area contributed by atoms with Gasteiger partial charge in [0.15, 0.2) is 5.01 Å². The van der Waals surface area contributed by atoms with Crippen molar-refractivity contribution in [1.82, 2.24) is 19.3 Å². The number of nitrogens with zero attached hydrogens (tertiary/aromatic N) is 3.